The SMILES string of the molecule is CCC1(Nc2cc(N)nc(N)n2)CCC1. The molecule has 5 heteroatoms. The Morgan fingerprint density at radius 3 is 2.60 bits per heavy atom. The second-order valence-corrected chi connectivity index (χ2v) is 4.15. The Labute approximate surface area is 89.3 Å². The van der Waals surface area contributed by atoms with Crippen LogP contribution in [0.4, 0.5) is 17.6 Å². The molecular weight excluding hydrogens is 190 g/mol. The Hall–Kier alpha value is -1.52. The van der Waals surface area contributed by atoms with E-state index >= 15 is 0 Å². The molecule has 2 rings (SSSR count). The molecule has 82 valence electrons. The summed E-state index contributed by atoms with van der Waals surface area (Å²) in [6.45, 7) is 2.18. The van der Waals surface area contributed by atoms with Gasteiger partial charge in [0.1, 0.15) is 11.6 Å². The summed E-state index contributed by atoms with van der Waals surface area (Å²) in [5, 5.41) is 3.41. The number of nitrogens with one attached hydrogen (secondary N) is 1. The van der Waals surface area contributed by atoms with Crippen LogP contribution in [-0.2, 0) is 0 Å². The maximum absolute atomic E-state index is 5.61. The summed E-state index contributed by atoms with van der Waals surface area (Å²) in [5.41, 5.74) is 11.3. The molecule has 1 aromatic heterocycles. The van der Waals surface area contributed by atoms with Gasteiger partial charge < -0.3 is 16.8 Å². The molecule has 1 aliphatic carbocycles. The summed E-state index contributed by atoms with van der Waals surface area (Å²) < 4.78 is 0. The Morgan fingerprint density at radius 2 is 2.13 bits per heavy atom. The summed E-state index contributed by atoms with van der Waals surface area (Å²) in [6, 6.07) is 1.73. The number of nitrogens with two attached hydrogens (primary N) is 2. The van der Waals surface area contributed by atoms with Crippen LogP contribution in [0.1, 0.15) is 32.6 Å². The summed E-state index contributed by atoms with van der Waals surface area (Å²) in [4.78, 5) is 7.96. The van der Waals surface area contributed by atoms with E-state index in [9.17, 15) is 0 Å². The molecule has 0 aromatic carbocycles. The quantitative estimate of drug-likeness (QED) is 0.696. The Balaban J connectivity index is 2.16. The molecule has 0 unspecified atom stereocenters. The van der Waals surface area contributed by atoms with Gasteiger partial charge in [-0.2, -0.15) is 9.97 Å². The number of hydrogen-bond acceptors (Lipinski definition) is 5. The van der Waals surface area contributed by atoms with Crippen molar-refractivity contribution in [3.05, 3.63) is 6.07 Å². The Kier molecular flexibility index (Phi) is 2.38. The van der Waals surface area contributed by atoms with Crippen molar-refractivity contribution in [1.82, 2.24) is 9.97 Å². The van der Waals surface area contributed by atoms with Crippen molar-refractivity contribution >= 4 is 17.6 Å². The molecule has 0 radical (unpaired) electrons. The van der Waals surface area contributed by atoms with Crippen LogP contribution in [0, 0.1) is 0 Å². The fourth-order valence-electron chi connectivity index (χ4n) is 1.99. The standard InChI is InChI=1S/C10H17N5/c1-2-10(4-3-5-10)15-8-6-7(11)13-9(12)14-8/h6H,2-5H2,1H3,(H5,11,12,13,14,15). The first-order chi connectivity index (χ1) is 7.13. The van der Waals surface area contributed by atoms with Gasteiger partial charge in [-0.25, -0.2) is 0 Å². The van der Waals surface area contributed by atoms with E-state index in [1.807, 2.05) is 0 Å². The molecule has 1 aromatic rings. The highest BCUT2D eigenvalue weighted by molar-refractivity contribution is 5.50. The van der Waals surface area contributed by atoms with Crippen LogP contribution < -0.4 is 16.8 Å². The van der Waals surface area contributed by atoms with Crippen LogP contribution in [0.5, 0.6) is 0 Å². The van der Waals surface area contributed by atoms with E-state index in [0.717, 1.165) is 12.2 Å². The van der Waals surface area contributed by atoms with Gasteiger partial charge in [-0.1, -0.05) is 6.92 Å². The minimum absolute atomic E-state index is 0.202. The zero-order chi connectivity index (χ0) is 10.9. The molecule has 0 spiro atoms. The lowest BCUT2D eigenvalue weighted by Crippen LogP contribution is -2.44. The largest absolute Gasteiger partial charge is 0.383 e. The number of rotatable bonds is 3. The molecule has 5 N–H and O–H groups in total. The Morgan fingerprint density at radius 1 is 1.40 bits per heavy atom. The van der Waals surface area contributed by atoms with E-state index in [2.05, 4.69) is 22.2 Å². The fourth-order valence-corrected chi connectivity index (χ4v) is 1.99. The van der Waals surface area contributed by atoms with Gasteiger partial charge in [0, 0.05) is 11.6 Å². The monoisotopic (exact) mass is 207 g/mol. The van der Waals surface area contributed by atoms with E-state index in [1.165, 1.54) is 19.3 Å². The smallest absolute Gasteiger partial charge is 0.223 e. The van der Waals surface area contributed by atoms with Gasteiger partial charge in [-0.15, -0.1) is 0 Å². The average molecular weight is 207 g/mol. The van der Waals surface area contributed by atoms with Crippen LogP contribution in [0.15, 0.2) is 6.07 Å². The molecule has 0 atom stereocenters. The first-order valence-corrected chi connectivity index (χ1v) is 5.32. The molecule has 1 saturated carbocycles. The van der Waals surface area contributed by atoms with E-state index in [4.69, 9.17) is 11.5 Å². The first-order valence-electron chi connectivity index (χ1n) is 5.32. The number of anilines is 3. The topological polar surface area (TPSA) is 89.8 Å². The number of hydrogen-bond donors (Lipinski definition) is 3. The van der Waals surface area contributed by atoms with Crippen molar-refractivity contribution in [2.24, 2.45) is 0 Å². The third-order valence-electron chi connectivity index (χ3n) is 3.14. The van der Waals surface area contributed by atoms with Crippen LogP contribution in [-0.4, -0.2) is 15.5 Å². The normalized spacial score (nSPS) is 18.2. The van der Waals surface area contributed by atoms with Crippen molar-refractivity contribution in [1.29, 1.82) is 0 Å². The zero-order valence-corrected chi connectivity index (χ0v) is 8.95. The predicted octanol–water partition coefficient (Wildman–Crippen LogP) is 1.39. The zero-order valence-electron chi connectivity index (χ0n) is 8.95. The highest BCUT2D eigenvalue weighted by Crippen LogP contribution is 2.37. The highest BCUT2D eigenvalue weighted by atomic mass is 15.1. The van der Waals surface area contributed by atoms with Gasteiger partial charge in [-0.3, -0.25) is 0 Å². The van der Waals surface area contributed by atoms with Crippen molar-refractivity contribution in [3.8, 4) is 0 Å². The van der Waals surface area contributed by atoms with Gasteiger partial charge >= 0.3 is 0 Å². The van der Waals surface area contributed by atoms with Gasteiger partial charge in [-0.05, 0) is 25.7 Å². The minimum Gasteiger partial charge on any atom is -0.383 e. The summed E-state index contributed by atoms with van der Waals surface area (Å²) >= 11 is 0. The molecule has 1 fully saturated rings. The average Bonchev–Trinajstić information content (AvgIpc) is 2.10. The molecule has 0 aliphatic heterocycles. The number of aromatic nitrogens is 2. The molecule has 15 heavy (non-hydrogen) atoms. The lowest BCUT2D eigenvalue weighted by molar-refractivity contribution is 0.269. The predicted molar refractivity (Wildman–Crippen MR) is 61.4 cm³/mol. The molecule has 5 nitrogen and oxygen atoms in total. The van der Waals surface area contributed by atoms with Crippen LogP contribution >= 0.6 is 0 Å². The highest BCUT2D eigenvalue weighted by Gasteiger charge is 2.35. The van der Waals surface area contributed by atoms with Crippen molar-refractivity contribution in [2.75, 3.05) is 16.8 Å². The maximum atomic E-state index is 5.61. The van der Waals surface area contributed by atoms with Crippen LogP contribution in [0.3, 0.4) is 0 Å². The molecule has 1 aliphatic rings. The van der Waals surface area contributed by atoms with Crippen LogP contribution in [0.25, 0.3) is 0 Å². The number of nitrogen functional groups attached to an aromatic ring is 2. The van der Waals surface area contributed by atoms with Gasteiger partial charge in [0.05, 0.1) is 0 Å². The fraction of sp³-hybridized carbons (Fsp3) is 0.600. The molecule has 0 bridgehead atoms. The minimum atomic E-state index is 0.202. The van der Waals surface area contributed by atoms with Crippen LogP contribution in [0.2, 0.25) is 0 Å². The summed E-state index contributed by atoms with van der Waals surface area (Å²) in [6.07, 6.45) is 4.74. The van der Waals surface area contributed by atoms with Crippen molar-refractivity contribution in [2.45, 2.75) is 38.1 Å². The van der Waals surface area contributed by atoms with Crippen molar-refractivity contribution < 1.29 is 0 Å². The summed E-state index contributed by atoms with van der Waals surface area (Å²) in [5.74, 6) is 1.38. The van der Waals surface area contributed by atoms with E-state index < -0.39 is 0 Å². The number of nitrogens with zero attached hydrogens (tertiary/aromatic N) is 2. The van der Waals surface area contributed by atoms with Crippen molar-refractivity contribution in [3.63, 3.8) is 0 Å². The molecular formula is C10H17N5. The Bertz CT molecular complexity index is 333. The van der Waals surface area contributed by atoms with E-state index in [1.54, 1.807) is 6.07 Å². The molecule has 0 saturated heterocycles. The van der Waals surface area contributed by atoms with Gasteiger partial charge in [0.2, 0.25) is 5.95 Å². The lowest BCUT2D eigenvalue weighted by atomic mass is 9.75. The lowest BCUT2D eigenvalue weighted by Gasteiger charge is -2.42. The molecule has 0 amide bonds. The first kappa shape index (κ1) is 10.0. The van der Waals surface area contributed by atoms with Gasteiger partial charge in [0.15, 0.2) is 0 Å². The third kappa shape index (κ3) is 1.95. The maximum Gasteiger partial charge on any atom is 0.223 e. The van der Waals surface area contributed by atoms with E-state index in [-0.39, 0.29) is 11.5 Å². The molecule has 1 heterocycles. The summed E-state index contributed by atoms with van der Waals surface area (Å²) in [7, 11) is 0. The third-order valence-corrected chi connectivity index (χ3v) is 3.14. The van der Waals surface area contributed by atoms with Gasteiger partial charge in [0.25, 0.3) is 0 Å². The second kappa shape index (κ2) is 3.56. The van der Waals surface area contributed by atoms with E-state index in [0.29, 0.717) is 5.82 Å². The second-order valence-electron chi connectivity index (χ2n) is 4.15.